The van der Waals surface area contributed by atoms with E-state index in [9.17, 15) is 13.2 Å². The van der Waals surface area contributed by atoms with E-state index in [4.69, 9.17) is 0 Å². The summed E-state index contributed by atoms with van der Waals surface area (Å²) in [5.74, 6) is 0. The molecule has 0 aromatic carbocycles. The van der Waals surface area contributed by atoms with E-state index in [1.165, 1.54) is 10.9 Å². The molecule has 2 aromatic rings. The van der Waals surface area contributed by atoms with Crippen LogP contribution in [0.25, 0.3) is 5.65 Å². The predicted octanol–water partition coefficient (Wildman–Crippen LogP) is 0.290. The Morgan fingerprint density at radius 2 is 2.12 bits per heavy atom. The Morgan fingerprint density at radius 3 is 2.88 bits per heavy atom. The van der Waals surface area contributed by atoms with E-state index in [2.05, 4.69) is 14.7 Å². The molecule has 2 aromatic heterocycles. The fraction of sp³-hybridized carbons (Fsp3) is 0.625. The maximum Gasteiger partial charge on any atom is 0.350 e. The minimum atomic E-state index is -3.14. The number of piperidine rings is 1. The van der Waals surface area contributed by atoms with Crippen molar-refractivity contribution in [2.45, 2.75) is 38.3 Å². The van der Waals surface area contributed by atoms with Gasteiger partial charge in [0.15, 0.2) is 5.65 Å². The van der Waals surface area contributed by atoms with E-state index in [1.807, 2.05) is 18.2 Å². The van der Waals surface area contributed by atoms with Crippen LogP contribution in [0, 0.1) is 0 Å². The molecule has 0 saturated carbocycles. The summed E-state index contributed by atoms with van der Waals surface area (Å²) in [4.78, 5) is 14.7. The molecule has 0 aliphatic carbocycles. The van der Waals surface area contributed by atoms with Gasteiger partial charge < -0.3 is 0 Å². The van der Waals surface area contributed by atoms with Crippen molar-refractivity contribution < 1.29 is 8.42 Å². The van der Waals surface area contributed by atoms with Crippen molar-refractivity contribution in [1.82, 2.24) is 23.8 Å². The van der Waals surface area contributed by atoms with Crippen LogP contribution in [0.2, 0.25) is 0 Å². The van der Waals surface area contributed by atoms with Crippen molar-refractivity contribution >= 4 is 15.7 Å². The third-order valence-corrected chi connectivity index (χ3v) is 5.41. The van der Waals surface area contributed by atoms with Crippen LogP contribution in [-0.4, -0.2) is 59.4 Å². The average Bonchev–Trinajstić information content (AvgIpc) is 2.89. The van der Waals surface area contributed by atoms with Gasteiger partial charge in [-0.1, -0.05) is 12.5 Å². The number of likely N-dealkylation sites (tertiary alicyclic amines) is 1. The lowest BCUT2D eigenvalue weighted by Crippen LogP contribution is -2.43. The van der Waals surface area contributed by atoms with Gasteiger partial charge >= 0.3 is 5.69 Å². The largest absolute Gasteiger partial charge is 0.350 e. The van der Waals surface area contributed by atoms with Crippen molar-refractivity contribution in [2.75, 3.05) is 25.9 Å². The first-order chi connectivity index (χ1) is 11.9. The summed E-state index contributed by atoms with van der Waals surface area (Å²) in [6, 6.07) is 5.84. The maximum atomic E-state index is 12.3. The molecule has 25 heavy (non-hydrogen) atoms. The van der Waals surface area contributed by atoms with Crippen LogP contribution in [0.1, 0.15) is 25.7 Å². The number of hydrogen-bond donors (Lipinski definition) is 1. The van der Waals surface area contributed by atoms with E-state index >= 15 is 0 Å². The molecule has 1 aliphatic heterocycles. The van der Waals surface area contributed by atoms with Crippen molar-refractivity contribution in [3.8, 4) is 0 Å². The number of hydrogen-bond acceptors (Lipinski definition) is 5. The molecule has 138 valence electrons. The molecule has 1 atom stereocenters. The first kappa shape index (κ1) is 18.1. The normalized spacial score (nSPS) is 19.5. The van der Waals surface area contributed by atoms with Gasteiger partial charge in [0.25, 0.3) is 0 Å². The van der Waals surface area contributed by atoms with Crippen molar-refractivity contribution in [3.05, 3.63) is 34.9 Å². The van der Waals surface area contributed by atoms with E-state index in [0.29, 0.717) is 24.8 Å². The molecule has 1 unspecified atom stereocenters. The summed E-state index contributed by atoms with van der Waals surface area (Å²) in [7, 11) is -3.14. The third-order valence-electron chi connectivity index (χ3n) is 4.68. The highest BCUT2D eigenvalue weighted by molar-refractivity contribution is 7.88. The summed E-state index contributed by atoms with van der Waals surface area (Å²) in [5, 5.41) is 4.36. The van der Waals surface area contributed by atoms with Crippen LogP contribution in [-0.2, 0) is 16.6 Å². The molecule has 0 bridgehead atoms. The zero-order chi connectivity index (χ0) is 17.9. The Kier molecular flexibility index (Phi) is 5.55. The van der Waals surface area contributed by atoms with Crippen molar-refractivity contribution in [2.24, 2.45) is 0 Å². The molecular weight excluding hydrogens is 342 g/mol. The van der Waals surface area contributed by atoms with Gasteiger partial charge in [-0.25, -0.2) is 22.6 Å². The lowest BCUT2D eigenvalue weighted by atomic mass is 9.99. The first-order valence-corrected chi connectivity index (χ1v) is 10.6. The Hall–Kier alpha value is -1.71. The molecular formula is C16H25N5O3S. The van der Waals surface area contributed by atoms with Crippen LogP contribution < -0.4 is 10.4 Å². The number of nitrogens with one attached hydrogen (secondary N) is 1. The molecule has 1 N–H and O–H groups in total. The summed E-state index contributed by atoms with van der Waals surface area (Å²) < 4.78 is 28.0. The van der Waals surface area contributed by atoms with Gasteiger partial charge in [0.2, 0.25) is 10.0 Å². The molecule has 0 amide bonds. The summed E-state index contributed by atoms with van der Waals surface area (Å²) in [6.45, 7) is 2.71. The minimum Gasteiger partial charge on any atom is -0.298 e. The third kappa shape index (κ3) is 4.68. The van der Waals surface area contributed by atoms with E-state index in [1.54, 1.807) is 10.6 Å². The van der Waals surface area contributed by atoms with Gasteiger partial charge in [0.05, 0.1) is 12.8 Å². The van der Waals surface area contributed by atoms with Crippen LogP contribution in [0.15, 0.2) is 29.2 Å². The molecule has 3 heterocycles. The van der Waals surface area contributed by atoms with Crippen LogP contribution >= 0.6 is 0 Å². The maximum absolute atomic E-state index is 12.3. The number of fused-ring (bicyclic) bond motifs is 1. The summed E-state index contributed by atoms with van der Waals surface area (Å²) in [5.41, 5.74) is 0.531. The second-order valence-corrected chi connectivity index (χ2v) is 8.41. The summed E-state index contributed by atoms with van der Waals surface area (Å²) >= 11 is 0. The Balaban J connectivity index is 1.61. The quantitative estimate of drug-likeness (QED) is 0.760. The van der Waals surface area contributed by atoms with Gasteiger partial charge in [-0.3, -0.25) is 9.30 Å². The monoisotopic (exact) mass is 367 g/mol. The minimum absolute atomic E-state index is 0.122. The van der Waals surface area contributed by atoms with Gasteiger partial charge in [-0.05, 0) is 37.9 Å². The highest BCUT2D eigenvalue weighted by Gasteiger charge is 2.22. The van der Waals surface area contributed by atoms with Crippen LogP contribution in [0.4, 0.5) is 0 Å². The summed E-state index contributed by atoms with van der Waals surface area (Å²) in [6.07, 6.45) is 7.05. The van der Waals surface area contributed by atoms with Crippen molar-refractivity contribution in [1.29, 1.82) is 0 Å². The van der Waals surface area contributed by atoms with Crippen molar-refractivity contribution in [3.63, 3.8) is 0 Å². The Morgan fingerprint density at radius 1 is 1.28 bits per heavy atom. The Labute approximate surface area is 147 Å². The molecule has 0 radical (unpaired) electrons. The molecule has 1 aliphatic rings. The lowest BCUT2D eigenvalue weighted by molar-refractivity contribution is 0.134. The van der Waals surface area contributed by atoms with Gasteiger partial charge in [-0.15, -0.1) is 5.10 Å². The number of sulfonamides is 1. The number of rotatable bonds is 7. The topological polar surface area (TPSA) is 88.7 Å². The molecule has 0 spiro atoms. The van der Waals surface area contributed by atoms with Gasteiger partial charge in [0, 0.05) is 25.3 Å². The second kappa shape index (κ2) is 7.67. The molecule has 9 heteroatoms. The highest BCUT2D eigenvalue weighted by Crippen LogP contribution is 2.19. The smallest absolute Gasteiger partial charge is 0.298 e. The van der Waals surface area contributed by atoms with E-state index in [-0.39, 0.29) is 5.69 Å². The van der Waals surface area contributed by atoms with E-state index in [0.717, 1.165) is 38.8 Å². The molecule has 1 fully saturated rings. The second-order valence-electron chi connectivity index (χ2n) is 6.58. The van der Waals surface area contributed by atoms with Gasteiger partial charge in [0.1, 0.15) is 0 Å². The number of aromatic nitrogens is 3. The lowest BCUT2D eigenvalue weighted by Gasteiger charge is -2.35. The highest BCUT2D eigenvalue weighted by atomic mass is 32.2. The van der Waals surface area contributed by atoms with Crippen LogP contribution in [0.5, 0.6) is 0 Å². The standard InChI is InChI=1S/C16H25N5O3S/c1-25(23,24)17-9-8-14-6-2-4-10-19(14)12-13-21-16(22)20-11-5-3-7-15(20)18-21/h3,5,7,11,14,17H,2,4,6,8-10,12-13H2,1H3. The number of nitrogens with zero attached hydrogens (tertiary/aromatic N) is 4. The molecule has 8 nitrogen and oxygen atoms in total. The Bertz CT molecular complexity index is 873. The average molecular weight is 367 g/mol. The molecule has 3 rings (SSSR count). The SMILES string of the molecule is CS(=O)(=O)NCCC1CCCCN1CCn1nc2ccccn2c1=O. The number of pyridine rings is 1. The fourth-order valence-corrected chi connectivity index (χ4v) is 3.92. The van der Waals surface area contributed by atoms with E-state index < -0.39 is 10.0 Å². The predicted molar refractivity (Wildman–Crippen MR) is 96.1 cm³/mol. The zero-order valence-electron chi connectivity index (χ0n) is 14.5. The fourth-order valence-electron chi connectivity index (χ4n) is 3.43. The van der Waals surface area contributed by atoms with Crippen LogP contribution in [0.3, 0.4) is 0 Å². The van der Waals surface area contributed by atoms with Gasteiger partial charge in [-0.2, -0.15) is 0 Å². The zero-order valence-corrected chi connectivity index (χ0v) is 15.3. The first-order valence-electron chi connectivity index (χ1n) is 8.67. The molecule has 1 saturated heterocycles.